The number of halogens is 7. The Morgan fingerprint density at radius 2 is 1.04 bits per heavy atom. The lowest BCUT2D eigenvalue weighted by atomic mass is 10.0. The number of nitrogens with one attached hydrogen (secondary N) is 2. The molecule has 0 spiro atoms. The monoisotopic (exact) mass is 718 g/mol. The summed E-state index contributed by atoms with van der Waals surface area (Å²) in [5, 5.41) is 5.46. The van der Waals surface area contributed by atoms with Crippen LogP contribution in [0.5, 0.6) is 5.88 Å². The van der Waals surface area contributed by atoms with Crippen molar-refractivity contribution in [1.82, 2.24) is 19.9 Å². The molecule has 2 N–H and O–H groups in total. The molecule has 0 atom stereocenters. The van der Waals surface area contributed by atoms with Crippen LogP contribution in [0.4, 0.5) is 37.7 Å². The second-order valence-corrected chi connectivity index (χ2v) is 12.2. The summed E-state index contributed by atoms with van der Waals surface area (Å²) in [6.45, 7) is 7.39. The van der Waals surface area contributed by atoms with Crippen LogP contribution in [-0.4, -0.2) is 64.3 Å². The summed E-state index contributed by atoms with van der Waals surface area (Å²) < 4.78 is 96.8. The van der Waals surface area contributed by atoms with Crippen LogP contribution >= 0.6 is 11.6 Å². The molecule has 0 bridgehead atoms. The highest BCUT2D eigenvalue weighted by Gasteiger charge is 2.33. The first-order chi connectivity index (χ1) is 22.4. The van der Waals surface area contributed by atoms with E-state index >= 15 is 0 Å². The number of ether oxygens (including phenoxy) is 3. The molecule has 2 aromatic carbocycles. The summed E-state index contributed by atoms with van der Waals surface area (Å²) in [5.41, 5.74) is -2.48. The van der Waals surface area contributed by atoms with Gasteiger partial charge in [-0.1, -0.05) is 11.6 Å². The second kappa shape index (κ2) is 14.1. The number of anilines is 2. The quantitative estimate of drug-likeness (QED) is 0.104. The number of hydrogen-bond acceptors (Lipinski definition) is 11. The molecule has 4 rings (SSSR count). The highest BCUT2D eigenvalue weighted by Crippen LogP contribution is 2.34. The molecule has 0 aliphatic heterocycles. The van der Waals surface area contributed by atoms with E-state index in [-0.39, 0.29) is 44.2 Å². The molecule has 0 aliphatic rings. The van der Waals surface area contributed by atoms with Crippen LogP contribution in [0, 0.1) is 11.6 Å². The normalized spacial score (nSPS) is 12.2. The highest BCUT2D eigenvalue weighted by atomic mass is 35.5. The molecule has 0 unspecified atom stereocenters. The number of aromatic nitrogens is 4. The van der Waals surface area contributed by atoms with Gasteiger partial charge >= 0.3 is 23.8 Å². The van der Waals surface area contributed by atoms with E-state index in [0.29, 0.717) is 13.8 Å². The van der Waals surface area contributed by atoms with Gasteiger partial charge in [0.1, 0.15) is 27.3 Å². The molecular weight excluding hydrogens is 686 g/mol. The first kappa shape index (κ1) is 38.8. The summed E-state index contributed by atoms with van der Waals surface area (Å²) in [6.07, 6.45) is 0. The van der Waals surface area contributed by atoms with Gasteiger partial charge < -0.3 is 24.8 Å². The molecular formula is C31H33ClF6N6O5. The van der Waals surface area contributed by atoms with Gasteiger partial charge in [-0.2, -0.15) is 22.5 Å². The minimum absolute atomic E-state index is 0.0489. The average Bonchev–Trinajstić information content (AvgIpc) is 2.99. The van der Waals surface area contributed by atoms with Crippen molar-refractivity contribution in [2.24, 2.45) is 0 Å². The van der Waals surface area contributed by atoms with Gasteiger partial charge in [-0.3, -0.25) is 0 Å². The lowest BCUT2D eigenvalue weighted by Crippen LogP contribution is -2.41. The Bertz CT molecular complexity index is 1900. The van der Waals surface area contributed by atoms with Crippen LogP contribution in [-0.2, 0) is 30.9 Å². The number of benzene rings is 2. The topological polar surface area (TPSA) is 137 Å². The van der Waals surface area contributed by atoms with Gasteiger partial charge in [0, 0.05) is 30.6 Å². The Labute approximate surface area is 281 Å². The molecule has 0 saturated carbocycles. The summed E-state index contributed by atoms with van der Waals surface area (Å²) in [7, 11) is 3.69. The van der Waals surface area contributed by atoms with Crippen LogP contribution in [0.25, 0.3) is 21.8 Å². The van der Waals surface area contributed by atoms with Crippen molar-refractivity contribution in [3.8, 4) is 5.88 Å². The highest BCUT2D eigenvalue weighted by molar-refractivity contribution is 6.34. The number of nitrogens with zero attached hydrogens (tertiary/aromatic N) is 4. The van der Waals surface area contributed by atoms with Crippen molar-refractivity contribution in [2.45, 2.75) is 64.5 Å². The zero-order valence-corrected chi connectivity index (χ0v) is 28.5. The van der Waals surface area contributed by atoms with E-state index < -0.39 is 58.1 Å². The van der Waals surface area contributed by atoms with E-state index in [4.69, 9.17) is 16.3 Å². The largest absolute Gasteiger partial charge is 0.480 e. The maximum absolute atomic E-state index is 14.4. The number of methoxy groups -OCH3 is 3. The third kappa shape index (κ3) is 8.87. The number of esters is 2. The molecule has 11 nitrogen and oxygen atoms in total. The van der Waals surface area contributed by atoms with Gasteiger partial charge in [-0.15, -0.1) is 0 Å². The fourth-order valence-corrected chi connectivity index (χ4v) is 4.57. The second-order valence-electron chi connectivity index (χ2n) is 11.9. The van der Waals surface area contributed by atoms with Crippen molar-refractivity contribution in [2.75, 3.05) is 32.0 Å². The molecule has 0 radical (unpaired) electrons. The van der Waals surface area contributed by atoms with Crippen molar-refractivity contribution in [3.63, 3.8) is 0 Å². The average molecular weight is 719 g/mol. The Morgan fingerprint density at radius 3 is 1.43 bits per heavy atom. The van der Waals surface area contributed by atoms with Crippen LogP contribution in [0.1, 0.15) is 53.2 Å². The Balaban J connectivity index is 0.000000266. The lowest BCUT2D eigenvalue weighted by Gasteiger charge is -2.24. The molecule has 4 aromatic rings. The van der Waals surface area contributed by atoms with Gasteiger partial charge in [0.25, 0.3) is 0 Å². The summed E-state index contributed by atoms with van der Waals surface area (Å²) in [5.74, 6) is -11.5. The van der Waals surface area contributed by atoms with Crippen molar-refractivity contribution in [1.29, 1.82) is 0 Å². The molecule has 0 amide bonds. The Morgan fingerprint density at radius 1 is 0.653 bits per heavy atom. The zero-order valence-electron chi connectivity index (χ0n) is 27.8. The van der Waals surface area contributed by atoms with E-state index in [2.05, 4.69) is 40.0 Å². The fraction of sp³-hybridized carbons (Fsp3) is 0.419. The van der Waals surface area contributed by atoms with E-state index in [1.807, 2.05) is 0 Å². The van der Waals surface area contributed by atoms with E-state index in [0.717, 1.165) is 12.1 Å². The number of alkyl halides is 4. The predicted molar refractivity (Wildman–Crippen MR) is 169 cm³/mol. The summed E-state index contributed by atoms with van der Waals surface area (Å²) >= 11 is 5.90. The molecule has 2 heterocycles. The number of hydrogen-bond donors (Lipinski definition) is 2. The number of rotatable bonds is 9. The van der Waals surface area contributed by atoms with Gasteiger partial charge in [-0.05, 0) is 52.0 Å². The van der Waals surface area contributed by atoms with Gasteiger partial charge in [0.15, 0.2) is 11.6 Å². The smallest absolute Gasteiger partial charge is 0.330 e. The molecule has 2 aromatic heterocycles. The van der Waals surface area contributed by atoms with E-state index in [1.54, 1.807) is 27.7 Å². The predicted octanol–water partition coefficient (Wildman–Crippen LogP) is 7.15. The SMILES string of the molecule is COC(=O)C(C)(C)Nc1cc(F)c2nc(C(C)(F)F)nc(Cl)c2c1.COC(=O)C(C)(C)Nc1cc(F)c2nc(C(C)(F)F)nc(OC)c2c1. The maximum Gasteiger partial charge on any atom is 0.330 e. The van der Waals surface area contributed by atoms with Crippen molar-refractivity contribution < 1.29 is 50.1 Å². The fourth-order valence-electron chi connectivity index (χ4n) is 4.34. The molecule has 0 aliphatic carbocycles. The summed E-state index contributed by atoms with van der Waals surface area (Å²) in [6, 6.07) is 4.88. The Hall–Kier alpha value is -4.67. The lowest BCUT2D eigenvalue weighted by molar-refractivity contribution is -0.145. The van der Waals surface area contributed by atoms with E-state index in [9.17, 15) is 35.9 Å². The van der Waals surface area contributed by atoms with Gasteiger partial charge in [0.2, 0.25) is 17.5 Å². The Kier molecular flexibility index (Phi) is 11.1. The molecule has 49 heavy (non-hydrogen) atoms. The number of carbonyl (C=O) groups excluding carboxylic acids is 2. The minimum Gasteiger partial charge on any atom is -0.480 e. The minimum atomic E-state index is -3.35. The third-order valence-corrected chi connectivity index (χ3v) is 7.00. The van der Waals surface area contributed by atoms with Crippen LogP contribution in [0.15, 0.2) is 24.3 Å². The third-order valence-electron chi connectivity index (χ3n) is 6.71. The van der Waals surface area contributed by atoms with Gasteiger partial charge in [0.05, 0.1) is 26.7 Å². The summed E-state index contributed by atoms with van der Waals surface area (Å²) in [4.78, 5) is 37.8. The number of fused-ring (bicyclic) bond motifs is 2. The number of carbonyl (C=O) groups is 2. The molecule has 0 saturated heterocycles. The molecule has 0 fully saturated rings. The van der Waals surface area contributed by atoms with Crippen LogP contribution in [0.3, 0.4) is 0 Å². The maximum atomic E-state index is 14.4. The standard InChI is InChI=1S/C16H18F3N3O3.C15H15ClF3N3O2/c1-15(2,14(23)25-5)22-8-6-9-11(10(17)7-8)20-13(16(3,18)19)21-12(9)24-4;1-14(2,13(23)24-4)22-7-5-8-10(9(17)6-7)20-12(15(3,18)19)21-11(8)16/h6-7,22H,1-5H3;5-6,22H,1-4H3. The first-order valence-electron chi connectivity index (χ1n) is 14.2. The van der Waals surface area contributed by atoms with Crippen LogP contribution in [0.2, 0.25) is 5.15 Å². The van der Waals surface area contributed by atoms with Crippen molar-refractivity contribution >= 4 is 56.7 Å². The first-order valence-corrected chi connectivity index (χ1v) is 14.5. The van der Waals surface area contributed by atoms with E-state index in [1.165, 1.54) is 33.5 Å². The van der Waals surface area contributed by atoms with Crippen LogP contribution < -0.4 is 15.4 Å². The van der Waals surface area contributed by atoms with Crippen molar-refractivity contribution in [3.05, 3.63) is 52.7 Å². The zero-order chi connectivity index (χ0) is 37.3. The molecule has 18 heteroatoms. The van der Waals surface area contributed by atoms with Gasteiger partial charge in [-0.25, -0.2) is 33.3 Å². The molecule has 266 valence electrons.